The van der Waals surface area contributed by atoms with Gasteiger partial charge in [0.1, 0.15) is 6.61 Å². The van der Waals surface area contributed by atoms with Gasteiger partial charge in [-0.3, -0.25) is 4.79 Å². The topological polar surface area (TPSA) is 73.9 Å². The summed E-state index contributed by atoms with van der Waals surface area (Å²) in [4.78, 5) is 22.6. The summed E-state index contributed by atoms with van der Waals surface area (Å²) >= 11 is 0. The zero-order valence-corrected chi connectivity index (χ0v) is 11.3. The Morgan fingerprint density at radius 2 is 2.24 bits per heavy atom. The molecule has 0 spiro atoms. The Balaban J connectivity index is 1.54. The molecule has 3 rings (SSSR count). The molecule has 7 heteroatoms. The van der Waals surface area contributed by atoms with E-state index in [1.165, 1.54) is 0 Å². The van der Waals surface area contributed by atoms with Crippen LogP contribution in [0.3, 0.4) is 0 Å². The van der Waals surface area contributed by atoms with Gasteiger partial charge in [-0.2, -0.15) is 4.39 Å². The number of Topliss-reactive ketones (excluding diaryl/α,β-unsaturated/α-hetero) is 1. The maximum Gasteiger partial charge on any atom is 0.408 e. The van der Waals surface area contributed by atoms with E-state index in [0.717, 1.165) is 6.92 Å². The largest absolute Gasteiger partial charge is 0.445 e. The van der Waals surface area contributed by atoms with Gasteiger partial charge in [0, 0.05) is 13.3 Å². The molecule has 1 aliphatic heterocycles. The fourth-order valence-corrected chi connectivity index (χ4v) is 2.11. The molecule has 1 amide bonds. The van der Waals surface area contributed by atoms with Gasteiger partial charge in [-0.25, -0.2) is 4.79 Å². The lowest BCUT2D eigenvalue weighted by atomic mass is 9.91. The minimum Gasteiger partial charge on any atom is -0.445 e. The molecule has 1 aromatic rings. The summed E-state index contributed by atoms with van der Waals surface area (Å²) in [5.74, 6) is 0.571. The number of amides is 1. The Hall–Kier alpha value is -2.31. The number of alkyl halides is 1. The van der Waals surface area contributed by atoms with Crippen LogP contribution in [0.1, 0.15) is 25.3 Å². The number of benzene rings is 1. The number of ether oxygens (including phenoxy) is 3. The van der Waals surface area contributed by atoms with Gasteiger partial charge >= 0.3 is 12.1 Å². The summed E-state index contributed by atoms with van der Waals surface area (Å²) in [7, 11) is 0. The van der Waals surface area contributed by atoms with Crippen LogP contribution in [0, 0.1) is 0 Å². The Kier molecular flexibility index (Phi) is 3.19. The van der Waals surface area contributed by atoms with Crippen molar-refractivity contribution in [1.82, 2.24) is 5.32 Å². The molecule has 1 N–H and O–H groups in total. The van der Waals surface area contributed by atoms with Crippen molar-refractivity contribution in [3.05, 3.63) is 23.8 Å². The summed E-state index contributed by atoms with van der Waals surface area (Å²) in [5, 5.41) is 2.48. The number of hydrogen-bond donors (Lipinski definition) is 1. The van der Waals surface area contributed by atoms with Crippen molar-refractivity contribution in [2.75, 3.05) is 0 Å². The van der Waals surface area contributed by atoms with Crippen molar-refractivity contribution in [2.24, 2.45) is 0 Å². The van der Waals surface area contributed by atoms with Gasteiger partial charge in [-0.05, 0) is 24.1 Å². The molecule has 1 aliphatic carbocycles. The maximum atomic E-state index is 13.5. The number of fused-ring (bicyclic) bond motifs is 1. The van der Waals surface area contributed by atoms with Gasteiger partial charge in [0.25, 0.3) is 0 Å². The second-order valence-electron chi connectivity index (χ2n) is 5.10. The predicted octanol–water partition coefficient (Wildman–Crippen LogP) is 2.06. The van der Waals surface area contributed by atoms with Crippen molar-refractivity contribution in [2.45, 2.75) is 38.5 Å². The number of carbonyl (C=O) groups excluding carboxylic acids is 2. The van der Waals surface area contributed by atoms with Crippen LogP contribution < -0.4 is 14.8 Å². The van der Waals surface area contributed by atoms with Crippen molar-refractivity contribution in [3.63, 3.8) is 0 Å². The average molecular weight is 295 g/mol. The number of hydrogen-bond acceptors (Lipinski definition) is 5. The molecular formula is C14H14FNO5. The van der Waals surface area contributed by atoms with Gasteiger partial charge in [0.15, 0.2) is 17.3 Å². The molecule has 1 fully saturated rings. The number of rotatable bonds is 3. The highest BCUT2D eigenvalue weighted by Crippen LogP contribution is 2.40. The Bertz CT molecular complexity index is 601. The third-order valence-corrected chi connectivity index (χ3v) is 3.32. The van der Waals surface area contributed by atoms with E-state index in [1.54, 1.807) is 18.2 Å². The molecule has 0 saturated heterocycles. The van der Waals surface area contributed by atoms with Crippen LogP contribution in [0.5, 0.6) is 11.5 Å². The molecule has 1 saturated carbocycles. The third kappa shape index (κ3) is 2.91. The van der Waals surface area contributed by atoms with Crippen LogP contribution in [0.15, 0.2) is 18.2 Å². The van der Waals surface area contributed by atoms with E-state index in [1.807, 2.05) is 0 Å². The molecule has 2 atom stereocenters. The number of carbonyl (C=O) groups is 2. The van der Waals surface area contributed by atoms with Crippen molar-refractivity contribution < 1.29 is 28.2 Å². The van der Waals surface area contributed by atoms with Gasteiger partial charge in [-0.15, -0.1) is 0 Å². The normalized spacial score (nSPS) is 26.2. The first-order chi connectivity index (χ1) is 9.93. The molecule has 2 aliphatic rings. The lowest BCUT2D eigenvalue weighted by molar-refractivity contribution is -0.173. The van der Waals surface area contributed by atoms with E-state index in [-0.39, 0.29) is 18.1 Å². The van der Waals surface area contributed by atoms with Crippen LogP contribution in [0.4, 0.5) is 9.18 Å². The van der Waals surface area contributed by atoms with Crippen LogP contribution in [0.2, 0.25) is 0 Å². The first-order valence-corrected chi connectivity index (χ1v) is 6.59. The molecule has 21 heavy (non-hydrogen) atoms. The second-order valence-corrected chi connectivity index (χ2v) is 5.10. The van der Waals surface area contributed by atoms with E-state index in [2.05, 4.69) is 5.32 Å². The van der Waals surface area contributed by atoms with Gasteiger partial charge in [-0.1, -0.05) is 6.07 Å². The predicted molar refractivity (Wildman–Crippen MR) is 68.6 cm³/mol. The number of nitrogens with one attached hydrogen (secondary N) is 1. The fraction of sp³-hybridized carbons (Fsp3) is 0.429. The number of alkyl carbamates (subject to hydrolysis) is 1. The van der Waals surface area contributed by atoms with Crippen LogP contribution >= 0.6 is 0 Å². The van der Waals surface area contributed by atoms with E-state index in [0.29, 0.717) is 24.2 Å². The van der Waals surface area contributed by atoms with E-state index in [9.17, 15) is 14.0 Å². The Morgan fingerprint density at radius 3 is 2.90 bits per heavy atom. The Labute approximate surface area is 120 Å². The van der Waals surface area contributed by atoms with E-state index in [4.69, 9.17) is 14.2 Å². The van der Waals surface area contributed by atoms with Crippen molar-refractivity contribution in [1.29, 1.82) is 0 Å². The first-order valence-electron chi connectivity index (χ1n) is 6.59. The quantitative estimate of drug-likeness (QED) is 0.924. The molecule has 6 nitrogen and oxygen atoms in total. The lowest BCUT2D eigenvalue weighted by Gasteiger charge is -2.24. The molecular weight excluding hydrogens is 281 g/mol. The minimum absolute atomic E-state index is 0.00756. The fourth-order valence-electron chi connectivity index (χ4n) is 2.11. The van der Waals surface area contributed by atoms with Crippen LogP contribution in [0.25, 0.3) is 0 Å². The van der Waals surface area contributed by atoms with Gasteiger partial charge in [0.05, 0.1) is 6.04 Å². The monoisotopic (exact) mass is 295 g/mol. The smallest absolute Gasteiger partial charge is 0.408 e. The SMILES string of the molecule is CC1(F)Oc2ccc(COC(=O)N[C@H]3CCC3=O)cc2O1. The molecule has 1 heterocycles. The zero-order valence-electron chi connectivity index (χ0n) is 11.3. The van der Waals surface area contributed by atoms with Crippen molar-refractivity contribution in [3.8, 4) is 11.5 Å². The van der Waals surface area contributed by atoms with E-state index < -0.39 is 18.2 Å². The molecule has 0 bridgehead atoms. The molecule has 1 aromatic carbocycles. The maximum absolute atomic E-state index is 13.5. The number of halogens is 1. The average Bonchev–Trinajstić information content (AvgIpc) is 2.73. The highest BCUT2D eigenvalue weighted by atomic mass is 19.2. The summed E-state index contributed by atoms with van der Waals surface area (Å²) in [6.45, 7) is 1.15. The number of ketones is 1. The highest BCUT2D eigenvalue weighted by molar-refractivity contribution is 5.92. The van der Waals surface area contributed by atoms with Crippen LogP contribution in [-0.2, 0) is 16.1 Å². The standard InChI is InChI=1S/C14H14FNO5/c1-14(15)20-11-5-2-8(6-12(11)21-14)7-19-13(18)16-9-3-4-10(9)17/h2,5-6,9H,3-4,7H2,1H3,(H,16,18)/t9-,14?/m0/s1. The van der Waals surface area contributed by atoms with Crippen LogP contribution in [-0.4, -0.2) is 24.0 Å². The first kappa shape index (κ1) is 13.7. The molecule has 112 valence electrons. The Morgan fingerprint density at radius 1 is 1.48 bits per heavy atom. The van der Waals surface area contributed by atoms with Crippen molar-refractivity contribution >= 4 is 11.9 Å². The third-order valence-electron chi connectivity index (χ3n) is 3.32. The summed E-state index contributed by atoms with van der Waals surface area (Å²) < 4.78 is 28.4. The summed E-state index contributed by atoms with van der Waals surface area (Å²) in [5.41, 5.74) is 0.630. The minimum atomic E-state index is -2.18. The highest BCUT2D eigenvalue weighted by Gasteiger charge is 2.36. The lowest BCUT2D eigenvalue weighted by Crippen LogP contribution is -2.47. The summed E-state index contributed by atoms with van der Waals surface area (Å²) in [6, 6.07) is 2.13. The second kappa shape index (κ2) is 4.91. The summed E-state index contributed by atoms with van der Waals surface area (Å²) in [6.07, 6.45) is 0.489. The molecule has 0 radical (unpaired) electrons. The zero-order chi connectivity index (χ0) is 15.0. The molecule has 0 aromatic heterocycles. The molecule has 1 unspecified atom stereocenters. The van der Waals surface area contributed by atoms with Gasteiger partial charge < -0.3 is 19.5 Å². The van der Waals surface area contributed by atoms with E-state index >= 15 is 0 Å². The van der Waals surface area contributed by atoms with Gasteiger partial charge in [0.2, 0.25) is 0 Å².